The smallest absolute Gasteiger partial charge is 0.362 e. The quantitative estimate of drug-likeness (QED) is 0.517. The van der Waals surface area contributed by atoms with E-state index in [1.54, 1.807) is 12.2 Å². The molecule has 0 aliphatic carbocycles. The minimum Gasteiger partial charge on any atom is -0.477 e. The van der Waals surface area contributed by atoms with Gasteiger partial charge in [0.15, 0.2) is 6.04 Å². The summed E-state index contributed by atoms with van der Waals surface area (Å²) in [5.74, 6) is -0.663. The van der Waals surface area contributed by atoms with E-state index >= 15 is 0 Å². The van der Waals surface area contributed by atoms with Crippen molar-refractivity contribution in [1.29, 1.82) is 0 Å². The summed E-state index contributed by atoms with van der Waals surface area (Å²) in [6, 6.07) is -0.416. The van der Waals surface area contributed by atoms with Crippen LogP contribution in [0.5, 0.6) is 0 Å². The second-order valence-corrected chi connectivity index (χ2v) is 4.45. The number of hydrogen-bond donors (Lipinski definition) is 1. The number of carboxylic acids is 1. The summed E-state index contributed by atoms with van der Waals surface area (Å²) >= 11 is 0. The number of aliphatic carboxylic acids is 1. The summed E-state index contributed by atoms with van der Waals surface area (Å²) in [5, 5.41) is 9.25. The first-order chi connectivity index (χ1) is 6.89. The number of quaternary nitrogens is 1. The van der Waals surface area contributed by atoms with Crippen LogP contribution in [0.15, 0.2) is 25.3 Å². The molecule has 0 bridgehead atoms. The summed E-state index contributed by atoms with van der Waals surface area (Å²) in [7, 11) is 1.93. The molecule has 0 aromatic heterocycles. The maximum absolute atomic E-state index is 11.3. The molecule has 1 N–H and O–H groups in total. The molecule has 0 rings (SSSR count). The number of carbonyl (C=O) groups is 1. The molecule has 1 unspecified atom stereocenters. The normalized spacial score (nSPS) is 13.6. The van der Waals surface area contributed by atoms with E-state index in [4.69, 9.17) is 0 Å². The molecule has 0 aliphatic heterocycles. The molecule has 0 aromatic carbocycles. The maximum Gasteiger partial charge on any atom is 0.362 e. The monoisotopic (exact) mass is 212 g/mol. The van der Waals surface area contributed by atoms with Gasteiger partial charge in [-0.25, -0.2) is 4.79 Å². The lowest BCUT2D eigenvalue weighted by Crippen LogP contribution is -2.58. The Labute approximate surface area is 92.3 Å². The fourth-order valence-corrected chi connectivity index (χ4v) is 2.16. The van der Waals surface area contributed by atoms with Crippen LogP contribution in [0.3, 0.4) is 0 Å². The van der Waals surface area contributed by atoms with Gasteiger partial charge in [-0.2, -0.15) is 0 Å². The number of hydrogen-bond acceptors (Lipinski definition) is 1. The molecule has 3 nitrogen and oxygen atoms in total. The standard InChI is InChI=1S/C12H21NO2/c1-6-8-13(5,9-7-2)11(10(3)4)12(14)15/h6-7,10-11H,1-2,8-9H2,3-5H3/p+1. The molecule has 0 heterocycles. The summed E-state index contributed by atoms with van der Waals surface area (Å²) in [4.78, 5) is 11.3. The Kier molecular flexibility index (Phi) is 5.29. The van der Waals surface area contributed by atoms with Crippen LogP contribution in [0, 0.1) is 5.92 Å². The van der Waals surface area contributed by atoms with Crippen molar-refractivity contribution in [2.45, 2.75) is 19.9 Å². The highest BCUT2D eigenvalue weighted by molar-refractivity contribution is 5.72. The number of carboxylic acid groups (broad SMARTS) is 1. The molecule has 0 spiro atoms. The largest absolute Gasteiger partial charge is 0.477 e. The van der Waals surface area contributed by atoms with Crippen LogP contribution in [-0.2, 0) is 4.79 Å². The van der Waals surface area contributed by atoms with E-state index in [1.165, 1.54) is 0 Å². The van der Waals surface area contributed by atoms with E-state index in [-0.39, 0.29) is 5.92 Å². The van der Waals surface area contributed by atoms with E-state index in [0.717, 1.165) is 0 Å². The molecule has 0 amide bonds. The van der Waals surface area contributed by atoms with E-state index < -0.39 is 12.0 Å². The Hall–Kier alpha value is -1.09. The highest BCUT2D eigenvalue weighted by Gasteiger charge is 2.39. The molecule has 0 fully saturated rings. The molecule has 86 valence electrons. The van der Waals surface area contributed by atoms with Crippen molar-refractivity contribution in [2.24, 2.45) is 5.92 Å². The first-order valence-electron chi connectivity index (χ1n) is 5.18. The van der Waals surface area contributed by atoms with Crippen LogP contribution in [0.25, 0.3) is 0 Å². The van der Waals surface area contributed by atoms with Crippen LogP contribution in [0.1, 0.15) is 13.8 Å². The third-order valence-electron chi connectivity index (χ3n) is 2.65. The zero-order valence-corrected chi connectivity index (χ0v) is 9.94. The zero-order valence-electron chi connectivity index (χ0n) is 9.94. The fraction of sp³-hybridized carbons (Fsp3) is 0.583. The number of nitrogens with zero attached hydrogens (tertiary/aromatic N) is 1. The first-order valence-corrected chi connectivity index (χ1v) is 5.18. The molecular weight excluding hydrogens is 190 g/mol. The third-order valence-corrected chi connectivity index (χ3v) is 2.65. The van der Waals surface area contributed by atoms with Crippen molar-refractivity contribution >= 4 is 5.97 Å². The highest BCUT2D eigenvalue weighted by atomic mass is 16.4. The average Bonchev–Trinajstić information content (AvgIpc) is 2.02. The predicted octanol–water partition coefficient (Wildman–Crippen LogP) is 1.91. The van der Waals surface area contributed by atoms with Gasteiger partial charge in [-0.15, -0.1) is 0 Å². The minimum absolute atomic E-state index is 0.0902. The fourth-order valence-electron chi connectivity index (χ4n) is 2.16. The summed E-state index contributed by atoms with van der Waals surface area (Å²) < 4.78 is 0.431. The van der Waals surface area contributed by atoms with Gasteiger partial charge < -0.3 is 9.59 Å². The van der Waals surface area contributed by atoms with Crippen molar-refractivity contribution in [2.75, 3.05) is 20.1 Å². The van der Waals surface area contributed by atoms with Gasteiger partial charge in [0.05, 0.1) is 20.1 Å². The van der Waals surface area contributed by atoms with Gasteiger partial charge in [-0.3, -0.25) is 0 Å². The molecule has 0 radical (unpaired) electrons. The van der Waals surface area contributed by atoms with Gasteiger partial charge in [-0.05, 0) is 12.2 Å². The van der Waals surface area contributed by atoms with Gasteiger partial charge >= 0.3 is 5.97 Å². The Morgan fingerprint density at radius 3 is 1.93 bits per heavy atom. The molecule has 0 aromatic rings. The predicted molar refractivity (Wildman–Crippen MR) is 62.6 cm³/mol. The zero-order chi connectivity index (χ0) is 12.1. The lowest BCUT2D eigenvalue weighted by atomic mass is 10.00. The Balaban J connectivity index is 5.06. The Bertz CT molecular complexity index is 236. The van der Waals surface area contributed by atoms with Crippen molar-refractivity contribution in [3.05, 3.63) is 25.3 Å². The molecule has 3 heteroatoms. The van der Waals surface area contributed by atoms with E-state index in [1.807, 2.05) is 20.9 Å². The number of likely N-dealkylation sites (N-methyl/N-ethyl adjacent to an activating group) is 1. The molecule has 0 aliphatic rings. The van der Waals surface area contributed by atoms with Crippen LogP contribution in [0.4, 0.5) is 0 Å². The Morgan fingerprint density at radius 1 is 1.33 bits per heavy atom. The number of rotatable bonds is 7. The summed E-state index contributed by atoms with van der Waals surface area (Å²) in [6.45, 7) is 12.5. The minimum atomic E-state index is -0.754. The summed E-state index contributed by atoms with van der Waals surface area (Å²) in [6.07, 6.45) is 3.53. The van der Waals surface area contributed by atoms with Crippen LogP contribution >= 0.6 is 0 Å². The lowest BCUT2D eigenvalue weighted by Gasteiger charge is -2.39. The van der Waals surface area contributed by atoms with Crippen LogP contribution in [0.2, 0.25) is 0 Å². The SMILES string of the molecule is C=CC[N+](C)(CC=C)C(C(=O)O)C(C)C. The van der Waals surface area contributed by atoms with Gasteiger partial charge in [-0.1, -0.05) is 27.0 Å². The maximum atomic E-state index is 11.3. The second-order valence-electron chi connectivity index (χ2n) is 4.45. The highest BCUT2D eigenvalue weighted by Crippen LogP contribution is 2.19. The lowest BCUT2D eigenvalue weighted by molar-refractivity contribution is -0.917. The second kappa shape index (κ2) is 5.71. The van der Waals surface area contributed by atoms with Crippen LogP contribution < -0.4 is 0 Å². The molecule has 15 heavy (non-hydrogen) atoms. The van der Waals surface area contributed by atoms with E-state index in [9.17, 15) is 9.90 Å². The van der Waals surface area contributed by atoms with Crippen molar-refractivity contribution in [3.8, 4) is 0 Å². The topological polar surface area (TPSA) is 37.3 Å². The molecule has 0 saturated carbocycles. The van der Waals surface area contributed by atoms with E-state index in [0.29, 0.717) is 17.6 Å². The summed E-state index contributed by atoms with van der Waals surface area (Å²) in [5.41, 5.74) is 0. The van der Waals surface area contributed by atoms with Crippen molar-refractivity contribution < 1.29 is 14.4 Å². The third kappa shape index (κ3) is 3.51. The Morgan fingerprint density at radius 2 is 1.73 bits per heavy atom. The molecular formula is C12H22NO2+. The van der Waals surface area contributed by atoms with Crippen molar-refractivity contribution in [3.63, 3.8) is 0 Å². The first kappa shape index (κ1) is 13.9. The van der Waals surface area contributed by atoms with Crippen LogP contribution in [-0.4, -0.2) is 41.7 Å². The molecule has 1 atom stereocenters. The van der Waals surface area contributed by atoms with Gasteiger partial charge in [0.2, 0.25) is 0 Å². The van der Waals surface area contributed by atoms with Gasteiger partial charge in [0.1, 0.15) is 0 Å². The van der Waals surface area contributed by atoms with Gasteiger partial charge in [0.25, 0.3) is 0 Å². The average molecular weight is 212 g/mol. The molecule has 0 saturated heterocycles. The van der Waals surface area contributed by atoms with Crippen molar-refractivity contribution in [1.82, 2.24) is 0 Å². The van der Waals surface area contributed by atoms with Gasteiger partial charge in [0, 0.05) is 5.92 Å². The van der Waals surface area contributed by atoms with E-state index in [2.05, 4.69) is 13.2 Å².